The molecule has 0 bridgehead atoms. The second kappa shape index (κ2) is 12.3. The van der Waals surface area contributed by atoms with Crippen molar-refractivity contribution in [2.45, 2.75) is 84.5 Å². The van der Waals surface area contributed by atoms with Crippen LogP contribution >= 0.6 is 0 Å². The lowest BCUT2D eigenvalue weighted by atomic mass is 10.1. The van der Waals surface area contributed by atoms with Crippen molar-refractivity contribution in [2.24, 2.45) is 5.73 Å². The molecule has 1 heterocycles. The van der Waals surface area contributed by atoms with E-state index in [1.165, 1.54) is 17.9 Å². The van der Waals surface area contributed by atoms with E-state index in [1.807, 2.05) is 0 Å². The van der Waals surface area contributed by atoms with Crippen molar-refractivity contribution in [1.29, 1.82) is 0 Å². The zero-order valence-electron chi connectivity index (χ0n) is 23.2. The Morgan fingerprint density at radius 1 is 1.03 bits per heavy atom. The fraction of sp³-hybridized carbons (Fsp3) is 0.556. The highest BCUT2D eigenvalue weighted by Gasteiger charge is 2.37. The summed E-state index contributed by atoms with van der Waals surface area (Å²) in [6.45, 7) is 10.4. The van der Waals surface area contributed by atoms with E-state index in [0.717, 1.165) is 0 Å². The van der Waals surface area contributed by atoms with E-state index in [4.69, 9.17) is 19.9 Å². The third kappa shape index (κ3) is 8.20. The van der Waals surface area contributed by atoms with E-state index in [9.17, 15) is 24.3 Å². The largest absolute Gasteiger partial charge is 0.497 e. The van der Waals surface area contributed by atoms with Gasteiger partial charge in [0.2, 0.25) is 5.91 Å². The molecule has 0 fully saturated rings. The van der Waals surface area contributed by atoms with E-state index >= 15 is 0 Å². The van der Waals surface area contributed by atoms with Gasteiger partial charge in [0.15, 0.2) is 0 Å². The molecule has 0 radical (unpaired) electrons. The second-order valence-corrected chi connectivity index (χ2v) is 10.9. The van der Waals surface area contributed by atoms with Crippen LogP contribution in [0.5, 0.6) is 5.75 Å². The van der Waals surface area contributed by atoms with Gasteiger partial charge in [0.05, 0.1) is 19.0 Å². The zero-order valence-corrected chi connectivity index (χ0v) is 23.2. The molecule has 0 aliphatic carbocycles. The number of imide groups is 1. The van der Waals surface area contributed by atoms with Gasteiger partial charge < -0.3 is 25.1 Å². The van der Waals surface area contributed by atoms with Gasteiger partial charge in [-0.3, -0.25) is 9.36 Å². The minimum Gasteiger partial charge on any atom is -0.497 e. The average Bonchev–Trinajstić information content (AvgIpc) is 3.13. The molecule has 1 aromatic heterocycles. The Morgan fingerprint density at radius 2 is 1.66 bits per heavy atom. The quantitative estimate of drug-likeness (QED) is 0.449. The van der Waals surface area contributed by atoms with Gasteiger partial charge in [-0.15, -0.1) is 0 Å². The first-order chi connectivity index (χ1) is 17.6. The molecule has 0 unspecified atom stereocenters. The van der Waals surface area contributed by atoms with Crippen molar-refractivity contribution in [3.8, 4) is 5.75 Å². The number of benzene rings is 1. The summed E-state index contributed by atoms with van der Waals surface area (Å²) in [5, 5.41) is 10.4. The lowest BCUT2D eigenvalue weighted by Crippen LogP contribution is -2.51. The molecule has 2 aromatic rings. The maximum atomic E-state index is 13.6. The summed E-state index contributed by atoms with van der Waals surface area (Å²) in [5.74, 6) is -1.63. The Balaban J connectivity index is 2.55. The maximum absolute atomic E-state index is 13.6. The predicted molar refractivity (Wildman–Crippen MR) is 141 cm³/mol. The highest BCUT2D eigenvalue weighted by Crippen LogP contribution is 2.28. The smallest absolute Gasteiger partial charge is 0.419 e. The molecule has 1 aromatic carbocycles. The number of ether oxygens (including phenoxy) is 3. The van der Waals surface area contributed by atoms with Gasteiger partial charge in [-0.1, -0.05) is 0 Å². The van der Waals surface area contributed by atoms with Crippen LogP contribution < -0.4 is 10.5 Å². The first-order valence-corrected chi connectivity index (χ1v) is 12.5. The lowest BCUT2D eigenvalue weighted by Gasteiger charge is -2.30. The molecule has 0 spiro atoms. The van der Waals surface area contributed by atoms with Gasteiger partial charge in [-0.05, 0) is 91.1 Å². The number of fused-ring (bicyclic) bond motifs is 1. The molecular formula is C27H39N3O8. The molecule has 210 valence electrons. The number of amides is 2. The van der Waals surface area contributed by atoms with Crippen LogP contribution in [-0.4, -0.2) is 69.5 Å². The van der Waals surface area contributed by atoms with Gasteiger partial charge in [0, 0.05) is 11.6 Å². The summed E-state index contributed by atoms with van der Waals surface area (Å²) < 4.78 is 17.5. The maximum Gasteiger partial charge on any atom is 0.419 e. The fourth-order valence-corrected chi connectivity index (χ4v) is 3.81. The number of carboxylic acids is 1. The van der Waals surface area contributed by atoms with Crippen LogP contribution in [0.4, 0.5) is 9.59 Å². The normalized spacial score (nSPS) is 12.6. The Morgan fingerprint density at radius 3 is 2.18 bits per heavy atom. The molecule has 11 heteroatoms. The molecule has 38 heavy (non-hydrogen) atoms. The van der Waals surface area contributed by atoms with E-state index in [-0.39, 0.29) is 12.8 Å². The standard InChI is InChI=1S/C27H39N3O8/c1-26(2,3)37-24(34)29-16-17(19-15-18(36-7)11-12-20(19)29)14-22(31)30(25(35)38-27(4,5)6)21(23(32)33)10-8-9-13-28/h11-12,15-16,21H,8-10,13-14,28H2,1-7H3,(H,32,33)/t21-/m0/s1. The van der Waals surface area contributed by atoms with Crippen LogP contribution in [0.15, 0.2) is 24.4 Å². The van der Waals surface area contributed by atoms with E-state index in [0.29, 0.717) is 46.5 Å². The number of nitrogens with two attached hydrogens (primary N) is 1. The molecule has 0 saturated carbocycles. The summed E-state index contributed by atoms with van der Waals surface area (Å²) in [5.41, 5.74) is 4.67. The summed E-state index contributed by atoms with van der Waals surface area (Å²) >= 11 is 0. The number of carbonyl (C=O) groups excluding carboxylic acids is 3. The van der Waals surface area contributed by atoms with Crippen LogP contribution in [0, 0.1) is 0 Å². The summed E-state index contributed by atoms with van der Waals surface area (Å²) in [6, 6.07) is 3.54. The highest BCUT2D eigenvalue weighted by molar-refractivity contribution is 6.00. The van der Waals surface area contributed by atoms with Gasteiger partial charge in [0.1, 0.15) is 23.0 Å². The van der Waals surface area contributed by atoms with Gasteiger partial charge >= 0.3 is 18.2 Å². The molecule has 0 saturated heterocycles. The Bertz CT molecular complexity index is 1170. The molecule has 11 nitrogen and oxygen atoms in total. The monoisotopic (exact) mass is 533 g/mol. The molecule has 0 aliphatic rings. The van der Waals surface area contributed by atoms with Crippen molar-refractivity contribution in [3.63, 3.8) is 0 Å². The number of aliphatic carboxylic acids is 1. The number of carbonyl (C=O) groups is 4. The SMILES string of the molecule is COc1ccc2c(c1)c(CC(=O)N(C(=O)OC(C)(C)C)[C@@H](CCCCN)C(=O)O)cn2C(=O)OC(C)(C)C. The first kappa shape index (κ1) is 30.6. The number of unbranched alkanes of at least 4 members (excludes halogenated alkanes) is 1. The Labute approximate surface area is 222 Å². The lowest BCUT2D eigenvalue weighted by molar-refractivity contribution is -0.149. The van der Waals surface area contributed by atoms with Crippen molar-refractivity contribution >= 4 is 35.0 Å². The summed E-state index contributed by atoms with van der Waals surface area (Å²) in [7, 11) is 1.49. The van der Waals surface area contributed by atoms with Crippen molar-refractivity contribution in [1.82, 2.24) is 9.47 Å². The number of nitrogens with zero attached hydrogens (tertiary/aromatic N) is 2. The minimum atomic E-state index is -1.45. The highest BCUT2D eigenvalue weighted by atomic mass is 16.6. The summed E-state index contributed by atoms with van der Waals surface area (Å²) in [4.78, 5) is 52.4. The molecule has 0 aliphatic heterocycles. The number of carboxylic acid groups (broad SMARTS) is 1. The Kier molecular flexibility index (Phi) is 9.91. The van der Waals surface area contributed by atoms with E-state index in [2.05, 4.69) is 0 Å². The van der Waals surface area contributed by atoms with Crippen LogP contribution in [0.3, 0.4) is 0 Å². The third-order valence-electron chi connectivity index (χ3n) is 5.41. The molecule has 2 amide bonds. The summed E-state index contributed by atoms with van der Waals surface area (Å²) in [6.07, 6.45) is 0.313. The Hall–Kier alpha value is -3.60. The number of aromatic nitrogens is 1. The number of rotatable bonds is 9. The molecule has 3 N–H and O–H groups in total. The van der Waals surface area contributed by atoms with E-state index in [1.54, 1.807) is 59.7 Å². The number of hydrogen-bond donors (Lipinski definition) is 2. The van der Waals surface area contributed by atoms with Gasteiger partial charge in [-0.25, -0.2) is 19.3 Å². The van der Waals surface area contributed by atoms with Crippen molar-refractivity contribution in [2.75, 3.05) is 13.7 Å². The van der Waals surface area contributed by atoms with Crippen LogP contribution in [0.25, 0.3) is 10.9 Å². The van der Waals surface area contributed by atoms with Crippen LogP contribution in [-0.2, 0) is 25.5 Å². The second-order valence-electron chi connectivity index (χ2n) is 10.9. The van der Waals surface area contributed by atoms with Crippen molar-refractivity contribution in [3.05, 3.63) is 30.0 Å². The molecular weight excluding hydrogens is 494 g/mol. The predicted octanol–water partition coefficient (Wildman–Crippen LogP) is 4.32. The number of methoxy groups -OCH3 is 1. The minimum absolute atomic E-state index is 0.0189. The number of hydrogen-bond acceptors (Lipinski definition) is 8. The van der Waals surface area contributed by atoms with E-state index < -0.39 is 41.3 Å². The van der Waals surface area contributed by atoms with Gasteiger partial charge in [0.25, 0.3) is 0 Å². The average molecular weight is 534 g/mol. The third-order valence-corrected chi connectivity index (χ3v) is 5.41. The first-order valence-electron chi connectivity index (χ1n) is 12.5. The molecule has 1 atom stereocenters. The zero-order chi connectivity index (χ0) is 28.8. The fourth-order valence-electron chi connectivity index (χ4n) is 3.81. The topological polar surface area (TPSA) is 150 Å². The van der Waals surface area contributed by atoms with Crippen LogP contribution in [0.1, 0.15) is 66.4 Å². The van der Waals surface area contributed by atoms with Crippen LogP contribution in [0.2, 0.25) is 0 Å². The van der Waals surface area contributed by atoms with Gasteiger partial charge in [-0.2, -0.15) is 0 Å². The van der Waals surface area contributed by atoms with Crippen molar-refractivity contribution < 1.29 is 38.5 Å². The molecule has 2 rings (SSSR count).